The van der Waals surface area contributed by atoms with Crippen molar-refractivity contribution >= 4 is 11.6 Å². The summed E-state index contributed by atoms with van der Waals surface area (Å²) in [4.78, 5) is 12.0. The number of carbonyl (C=O) groups excluding carboxylic acids is 1. The standard InChI is InChI=1S/C17H26N2O3/c1-22-15-9-5-4-8-14(15)18-12-16(20)19-13-17(21)10-6-2-3-7-11-17/h4-5,8-9,18,21H,2-3,6-7,10-13H2,1H3,(H,19,20). The van der Waals surface area contributed by atoms with E-state index in [1.165, 1.54) is 12.8 Å². The fourth-order valence-electron chi connectivity index (χ4n) is 2.86. The molecule has 0 heterocycles. The summed E-state index contributed by atoms with van der Waals surface area (Å²) in [6.07, 6.45) is 5.95. The van der Waals surface area contributed by atoms with Crippen molar-refractivity contribution in [2.24, 2.45) is 0 Å². The number of amides is 1. The van der Waals surface area contributed by atoms with Crippen LogP contribution in [0.25, 0.3) is 0 Å². The second-order valence-corrected chi connectivity index (χ2v) is 5.97. The molecule has 1 aliphatic rings. The molecule has 1 amide bonds. The first-order chi connectivity index (χ1) is 10.6. The zero-order valence-electron chi connectivity index (χ0n) is 13.2. The Hall–Kier alpha value is -1.75. The number of para-hydroxylation sites is 2. The molecule has 0 aliphatic heterocycles. The maximum absolute atomic E-state index is 12.0. The highest BCUT2D eigenvalue weighted by molar-refractivity contribution is 5.81. The Kier molecular flexibility index (Phi) is 6.07. The topological polar surface area (TPSA) is 70.6 Å². The number of hydrogen-bond donors (Lipinski definition) is 3. The van der Waals surface area contributed by atoms with Crippen LogP contribution in [0.15, 0.2) is 24.3 Å². The van der Waals surface area contributed by atoms with E-state index in [9.17, 15) is 9.90 Å². The minimum atomic E-state index is -0.739. The molecule has 3 N–H and O–H groups in total. The third-order valence-electron chi connectivity index (χ3n) is 4.20. The van der Waals surface area contributed by atoms with Gasteiger partial charge in [-0.05, 0) is 25.0 Å². The molecular weight excluding hydrogens is 280 g/mol. The van der Waals surface area contributed by atoms with Crippen molar-refractivity contribution in [2.75, 3.05) is 25.5 Å². The Labute approximate surface area is 132 Å². The number of benzene rings is 1. The summed E-state index contributed by atoms with van der Waals surface area (Å²) in [6, 6.07) is 7.47. The summed E-state index contributed by atoms with van der Waals surface area (Å²) in [5.74, 6) is 0.585. The molecule has 1 aliphatic carbocycles. The van der Waals surface area contributed by atoms with E-state index in [1.54, 1.807) is 7.11 Å². The van der Waals surface area contributed by atoms with Gasteiger partial charge in [-0.3, -0.25) is 4.79 Å². The van der Waals surface area contributed by atoms with E-state index in [0.717, 1.165) is 31.4 Å². The molecule has 122 valence electrons. The van der Waals surface area contributed by atoms with Crippen molar-refractivity contribution in [3.8, 4) is 5.75 Å². The zero-order chi connectivity index (χ0) is 15.8. The number of carbonyl (C=O) groups is 1. The van der Waals surface area contributed by atoms with Gasteiger partial charge in [-0.25, -0.2) is 0 Å². The number of anilines is 1. The van der Waals surface area contributed by atoms with Gasteiger partial charge in [0.25, 0.3) is 0 Å². The smallest absolute Gasteiger partial charge is 0.239 e. The molecule has 0 aromatic heterocycles. The summed E-state index contributed by atoms with van der Waals surface area (Å²) in [6.45, 7) is 0.496. The number of aliphatic hydroxyl groups is 1. The molecule has 5 nitrogen and oxygen atoms in total. The second kappa shape index (κ2) is 8.03. The van der Waals surface area contributed by atoms with E-state index < -0.39 is 5.60 Å². The van der Waals surface area contributed by atoms with Crippen LogP contribution in [0.1, 0.15) is 38.5 Å². The van der Waals surface area contributed by atoms with Crippen LogP contribution in [0.5, 0.6) is 5.75 Å². The number of methoxy groups -OCH3 is 1. The first-order valence-corrected chi connectivity index (χ1v) is 7.99. The van der Waals surface area contributed by atoms with E-state index in [-0.39, 0.29) is 12.5 Å². The monoisotopic (exact) mass is 306 g/mol. The van der Waals surface area contributed by atoms with Gasteiger partial charge in [0.2, 0.25) is 5.91 Å². The largest absolute Gasteiger partial charge is 0.495 e. The zero-order valence-corrected chi connectivity index (χ0v) is 13.2. The molecule has 0 spiro atoms. The predicted octanol–water partition coefficient (Wildman–Crippen LogP) is 2.31. The molecule has 0 saturated heterocycles. The number of ether oxygens (including phenoxy) is 1. The molecule has 1 fully saturated rings. The summed E-state index contributed by atoms with van der Waals surface area (Å²) >= 11 is 0. The van der Waals surface area contributed by atoms with E-state index in [1.807, 2.05) is 24.3 Å². The van der Waals surface area contributed by atoms with E-state index in [4.69, 9.17) is 4.74 Å². The molecule has 5 heteroatoms. The van der Waals surface area contributed by atoms with Gasteiger partial charge in [0.1, 0.15) is 5.75 Å². The average molecular weight is 306 g/mol. The van der Waals surface area contributed by atoms with E-state index in [0.29, 0.717) is 12.3 Å². The molecule has 22 heavy (non-hydrogen) atoms. The summed E-state index contributed by atoms with van der Waals surface area (Å²) in [5.41, 5.74) is 0.0460. The maximum Gasteiger partial charge on any atom is 0.239 e. The minimum absolute atomic E-state index is 0.122. The van der Waals surface area contributed by atoms with Crippen LogP contribution in [0.2, 0.25) is 0 Å². The minimum Gasteiger partial charge on any atom is -0.495 e. The lowest BCUT2D eigenvalue weighted by Crippen LogP contribution is -2.44. The van der Waals surface area contributed by atoms with Gasteiger partial charge < -0.3 is 20.5 Å². The second-order valence-electron chi connectivity index (χ2n) is 5.97. The lowest BCUT2D eigenvalue weighted by molar-refractivity contribution is -0.120. The lowest BCUT2D eigenvalue weighted by atomic mass is 9.94. The fraction of sp³-hybridized carbons (Fsp3) is 0.588. The Bertz CT molecular complexity index is 483. The van der Waals surface area contributed by atoms with Gasteiger partial charge in [-0.1, -0.05) is 37.8 Å². The Morgan fingerprint density at radius 1 is 1.23 bits per heavy atom. The molecule has 0 bridgehead atoms. The van der Waals surface area contributed by atoms with Gasteiger partial charge in [0.05, 0.1) is 24.9 Å². The van der Waals surface area contributed by atoms with Crippen molar-refractivity contribution in [3.05, 3.63) is 24.3 Å². The van der Waals surface area contributed by atoms with Crippen molar-refractivity contribution in [3.63, 3.8) is 0 Å². The number of rotatable bonds is 6. The van der Waals surface area contributed by atoms with Gasteiger partial charge >= 0.3 is 0 Å². The number of nitrogens with one attached hydrogen (secondary N) is 2. The van der Waals surface area contributed by atoms with E-state index >= 15 is 0 Å². The Morgan fingerprint density at radius 2 is 1.91 bits per heavy atom. The van der Waals surface area contributed by atoms with Crippen LogP contribution < -0.4 is 15.4 Å². The van der Waals surface area contributed by atoms with Crippen LogP contribution in [0, 0.1) is 0 Å². The first kappa shape index (κ1) is 16.6. The highest BCUT2D eigenvalue weighted by Gasteiger charge is 2.28. The summed E-state index contributed by atoms with van der Waals surface area (Å²) < 4.78 is 5.23. The summed E-state index contributed by atoms with van der Waals surface area (Å²) in [5, 5.41) is 16.4. The first-order valence-electron chi connectivity index (χ1n) is 7.99. The maximum atomic E-state index is 12.0. The summed E-state index contributed by atoms with van der Waals surface area (Å²) in [7, 11) is 1.60. The van der Waals surface area contributed by atoms with Crippen molar-refractivity contribution < 1.29 is 14.6 Å². The third-order valence-corrected chi connectivity index (χ3v) is 4.20. The molecule has 0 atom stereocenters. The molecule has 0 unspecified atom stereocenters. The van der Waals surface area contributed by atoms with Crippen LogP contribution in [0.3, 0.4) is 0 Å². The van der Waals surface area contributed by atoms with E-state index in [2.05, 4.69) is 10.6 Å². The normalized spacial score (nSPS) is 17.4. The predicted molar refractivity (Wildman–Crippen MR) is 87.1 cm³/mol. The fourth-order valence-corrected chi connectivity index (χ4v) is 2.86. The van der Waals surface area contributed by atoms with Gasteiger partial charge in [0.15, 0.2) is 0 Å². The third kappa shape index (κ3) is 4.91. The van der Waals surface area contributed by atoms with Gasteiger partial charge in [0, 0.05) is 6.54 Å². The molecule has 0 radical (unpaired) electrons. The molecule has 1 aromatic rings. The van der Waals surface area contributed by atoms with Crippen LogP contribution in [-0.4, -0.2) is 36.8 Å². The highest BCUT2D eigenvalue weighted by Crippen LogP contribution is 2.26. The number of hydrogen-bond acceptors (Lipinski definition) is 4. The van der Waals surface area contributed by atoms with Gasteiger partial charge in [-0.2, -0.15) is 0 Å². The molecule has 1 aromatic carbocycles. The Morgan fingerprint density at radius 3 is 2.59 bits per heavy atom. The Balaban J connectivity index is 1.78. The van der Waals surface area contributed by atoms with Crippen molar-refractivity contribution in [1.29, 1.82) is 0 Å². The average Bonchev–Trinajstić information content (AvgIpc) is 2.76. The van der Waals surface area contributed by atoms with Crippen molar-refractivity contribution in [2.45, 2.75) is 44.1 Å². The van der Waals surface area contributed by atoms with Crippen LogP contribution >= 0.6 is 0 Å². The lowest BCUT2D eigenvalue weighted by Gasteiger charge is -2.26. The molecule has 1 saturated carbocycles. The quantitative estimate of drug-likeness (QED) is 0.705. The van der Waals surface area contributed by atoms with Gasteiger partial charge in [-0.15, -0.1) is 0 Å². The highest BCUT2D eigenvalue weighted by atomic mass is 16.5. The molecule has 2 rings (SSSR count). The SMILES string of the molecule is COc1ccccc1NCC(=O)NCC1(O)CCCCCC1. The van der Waals surface area contributed by atoms with Crippen LogP contribution in [0.4, 0.5) is 5.69 Å². The molecular formula is C17H26N2O3. The van der Waals surface area contributed by atoms with Crippen molar-refractivity contribution in [1.82, 2.24) is 5.32 Å². The van der Waals surface area contributed by atoms with Crippen LogP contribution in [-0.2, 0) is 4.79 Å².